The molecule has 0 unspecified atom stereocenters. The van der Waals surface area contributed by atoms with Crippen molar-refractivity contribution in [3.05, 3.63) is 427 Å². The number of hydrogen-bond acceptors (Lipinski definition) is 16. The molecule has 0 aliphatic heterocycles. The SMILES string of the molecule is Fc1cccc(-c2cc(-c3ccccn3)nn2Cc2ccccc2F)c1.Fc1ccccc1Cn1nc(-c2ccccn2)cc1-c1cccc(Br)n1.Fc1ccccc1Cn1nc(-c2ccccn2)cc1-c1ccncc1.Fc1ccccc1Cn1nc(-c2ccccn2)cc1-c1cnc[nH]1.Fc1ccccc1Cn1nc(-c2ccccn2)cc1-c1ncon1. The summed E-state index contributed by atoms with van der Waals surface area (Å²) in [4.78, 5) is 41.4. The summed E-state index contributed by atoms with van der Waals surface area (Å²) in [5, 5.41) is 26.9. The molecule has 0 saturated heterocycles. The Labute approximate surface area is 719 Å². The number of nitrogens with zero attached hydrogens (tertiary/aromatic N) is 20. The maximum atomic E-state index is 14.1. The second kappa shape index (κ2) is 39.8. The molecule has 14 aromatic heterocycles. The molecule has 0 fully saturated rings. The minimum Gasteiger partial charge on any atom is -0.343 e. The number of H-pyrrole nitrogens is 1. The van der Waals surface area contributed by atoms with Gasteiger partial charge in [0.15, 0.2) is 0 Å². The van der Waals surface area contributed by atoms with Gasteiger partial charge in [0, 0.05) is 82.3 Å². The van der Waals surface area contributed by atoms with Crippen LogP contribution in [0.3, 0.4) is 0 Å². The first-order valence-corrected chi connectivity index (χ1v) is 39.8. The quantitative estimate of drug-likeness (QED) is 0.0550. The molecular weight excluding hydrogens is 1660 g/mol. The van der Waals surface area contributed by atoms with E-state index in [-0.39, 0.29) is 48.0 Å². The van der Waals surface area contributed by atoms with Gasteiger partial charge in [-0.25, -0.2) is 36.3 Å². The number of nitrogens with one attached hydrogen (secondary N) is 1. The van der Waals surface area contributed by atoms with Crippen LogP contribution in [-0.2, 0) is 32.7 Å². The van der Waals surface area contributed by atoms with E-state index in [1.807, 2.05) is 170 Å². The second-order valence-electron chi connectivity index (χ2n) is 27.7. The van der Waals surface area contributed by atoms with Crippen LogP contribution in [0.4, 0.5) is 26.3 Å². The van der Waals surface area contributed by atoms with E-state index in [9.17, 15) is 26.3 Å². The van der Waals surface area contributed by atoms with Crippen molar-refractivity contribution >= 4 is 15.9 Å². The van der Waals surface area contributed by atoms with Crippen LogP contribution < -0.4 is 0 Å². The van der Waals surface area contributed by atoms with E-state index in [0.29, 0.717) is 87.3 Å². The zero-order chi connectivity index (χ0) is 85.6. The molecule has 0 saturated carbocycles. The van der Waals surface area contributed by atoms with Crippen LogP contribution in [0.25, 0.3) is 114 Å². The molecule has 0 atom stereocenters. The number of rotatable bonds is 20. The summed E-state index contributed by atoms with van der Waals surface area (Å²) in [5.41, 5.74) is 17.1. The summed E-state index contributed by atoms with van der Waals surface area (Å²) in [6.07, 6.45) is 16.6. The van der Waals surface area contributed by atoms with Crippen molar-refractivity contribution in [3.63, 3.8) is 0 Å². The maximum Gasteiger partial charge on any atom is 0.220 e. The number of imidazole rings is 1. The zero-order valence-corrected chi connectivity index (χ0v) is 67.7. The molecule has 0 amide bonds. The molecule has 20 rings (SSSR count). The lowest BCUT2D eigenvalue weighted by Crippen LogP contribution is -2.06. The van der Waals surface area contributed by atoms with Crippen LogP contribution in [-0.4, -0.2) is 104 Å². The Bertz CT molecular complexity index is 6560. The van der Waals surface area contributed by atoms with Crippen molar-refractivity contribution in [2.45, 2.75) is 32.7 Å². The third kappa shape index (κ3) is 20.8. The fraction of sp³-hybridized carbons (Fsp3) is 0.0521. The number of aromatic amines is 1. The zero-order valence-electron chi connectivity index (χ0n) is 66.1. The second-order valence-corrected chi connectivity index (χ2v) is 28.5. The van der Waals surface area contributed by atoms with E-state index in [1.54, 1.807) is 164 Å². The molecular formula is C96H70BrF6N21O. The predicted molar refractivity (Wildman–Crippen MR) is 465 cm³/mol. The van der Waals surface area contributed by atoms with Gasteiger partial charge >= 0.3 is 0 Å². The molecule has 0 spiro atoms. The first kappa shape index (κ1) is 82.5. The van der Waals surface area contributed by atoms with Gasteiger partial charge in [0.1, 0.15) is 73.7 Å². The highest BCUT2D eigenvalue weighted by Crippen LogP contribution is 2.33. The predicted octanol–water partition coefficient (Wildman–Crippen LogP) is 20.8. The molecule has 0 radical (unpaired) electrons. The Balaban J connectivity index is 0.000000115. The highest BCUT2D eigenvalue weighted by atomic mass is 79.9. The summed E-state index contributed by atoms with van der Waals surface area (Å²) in [5.74, 6) is -1.27. The number of hydrogen-bond donors (Lipinski definition) is 1. The van der Waals surface area contributed by atoms with Gasteiger partial charge in [-0.3, -0.25) is 53.3 Å². The third-order valence-electron chi connectivity index (χ3n) is 19.4. The van der Waals surface area contributed by atoms with Gasteiger partial charge < -0.3 is 9.51 Å². The summed E-state index contributed by atoms with van der Waals surface area (Å²) in [6, 6.07) is 86.7. The van der Waals surface area contributed by atoms with E-state index >= 15 is 0 Å². The number of benzene rings is 6. The summed E-state index contributed by atoms with van der Waals surface area (Å²) < 4.78 is 98.2. The standard InChI is InChI=1S/C21H15F2N3.C20H14BrFN4.C20H15FN4.C18H14FN5.C17H12FN5O/c22-17-8-5-7-15(12-17)21-13-20(19-10-3-4-11-24-19)25-26(21)14-16-6-1-2-9-18(16)23;21-20-10-5-9-17(24-20)19-12-18(16-8-3-4-11-23-16)25-26(19)13-14-6-1-2-7-15(14)22;21-17-6-2-1-5-16(17)14-25-20(15-8-11-22-12-9-15)13-19(24-25)18-7-3-4-10-23-18;19-14-6-2-1-5-13(14)11-24-18(17-10-20-12-22-17)9-16(23-24)15-7-3-4-8-21-15;18-13-6-2-1-5-12(13)10-23-16(17-20-11-24-22-17)9-15(21-23)14-7-3-4-8-19-14/h1-13H,14H2;1-12H,13H2;1-13H,14H2;1-10,12H,11H2,(H,20,22);1-9,11H,10H2. The van der Waals surface area contributed by atoms with Crippen molar-refractivity contribution in [1.82, 2.24) is 104 Å². The van der Waals surface area contributed by atoms with Gasteiger partial charge in [0.25, 0.3) is 0 Å². The molecule has 29 heteroatoms. The van der Waals surface area contributed by atoms with Gasteiger partial charge in [-0.05, 0) is 174 Å². The molecule has 22 nitrogen and oxygen atoms in total. The lowest BCUT2D eigenvalue weighted by atomic mass is 10.1. The van der Waals surface area contributed by atoms with Gasteiger partial charge in [-0.1, -0.05) is 145 Å². The lowest BCUT2D eigenvalue weighted by molar-refractivity contribution is 0.418. The van der Waals surface area contributed by atoms with Crippen LogP contribution >= 0.6 is 15.9 Å². The first-order valence-electron chi connectivity index (χ1n) is 39.0. The summed E-state index contributed by atoms with van der Waals surface area (Å²) >= 11 is 3.40. The number of pyridine rings is 7. The minimum absolute atomic E-state index is 0.238. The van der Waals surface area contributed by atoms with Gasteiger partial charge in [-0.2, -0.15) is 30.5 Å². The Morgan fingerprint density at radius 3 is 0.992 bits per heavy atom. The Hall–Kier alpha value is -16.2. The van der Waals surface area contributed by atoms with Crippen molar-refractivity contribution in [1.29, 1.82) is 0 Å². The van der Waals surface area contributed by atoms with Gasteiger partial charge in [0.05, 0.1) is 108 Å². The third-order valence-corrected chi connectivity index (χ3v) is 19.8. The van der Waals surface area contributed by atoms with Crippen molar-refractivity contribution < 1.29 is 30.9 Å². The highest BCUT2D eigenvalue weighted by Gasteiger charge is 2.22. The molecule has 0 aliphatic rings. The van der Waals surface area contributed by atoms with Crippen LogP contribution in [0.1, 0.15) is 27.8 Å². The average Bonchev–Trinajstić information content (AvgIpc) is 1.68. The van der Waals surface area contributed by atoms with E-state index in [1.165, 1.54) is 48.9 Å². The fourth-order valence-electron chi connectivity index (χ4n) is 13.3. The molecule has 0 bridgehead atoms. The van der Waals surface area contributed by atoms with Gasteiger partial charge in [-0.15, -0.1) is 0 Å². The number of halogens is 7. The monoisotopic (exact) mass is 1730 g/mol. The molecule has 614 valence electrons. The molecule has 1 N–H and O–H groups in total. The minimum atomic E-state index is -0.333. The summed E-state index contributed by atoms with van der Waals surface area (Å²) in [7, 11) is 0. The first-order chi connectivity index (χ1) is 61.3. The molecule has 14 heterocycles. The molecule has 0 aliphatic carbocycles. The Morgan fingerprint density at radius 1 is 0.288 bits per heavy atom. The van der Waals surface area contributed by atoms with Crippen molar-refractivity contribution in [3.8, 4) is 114 Å². The number of aromatic nitrogens is 21. The largest absolute Gasteiger partial charge is 0.343 e. The van der Waals surface area contributed by atoms with Crippen LogP contribution in [0.2, 0.25) is 0 Å². The Kier molecular flexibility index (Phi) is 26.3. The van der Waals surface area contributed by atoms with Crippen molar-refractivity contribution in [2.24, 2.45) is 0 Å². The smallest absolute Gasteiger partial charge is 0.220 e. The van der Waals surface area contributed by atoms with Crippen LogP contribution in [0.5, 0.6) is 0 Å². The van der Waals surface area contributed by atoms with E-state index < -0.39 is 0 Å². The fourth-order valence-corrected chi connectivity index (χ4v) is 13.6. The average molecular weight is 1730 g/mol. The van der Waals surface area contributed by atoms with Crippen LogP contribution in [0.15, 0.2) is 369 Å². The topological polar surface area (TPSA) is 247 Å². The van der Waals surface area contributed by atoms with Crippen molar-refractivity contribution in [2.75, 3.05) is 0 Å². The Morgan fingerprint density at radius 2 is 0.632 bits per heavy atom. The molecule has 125 heavy (non-hydrogen) atoms. The van der Waals surface area contributed by atoms with Gasteiger partial charge in [0.2, 0.25) is 12.2 Å². The van der Waals surface area contributed by atoms with E-state index in [4.69, 9.17) is 4.52 Å². The van der Waals surface area contributed by atoms with E-state index in [2.05, 4.69) is 96.4 Å². The molecule has 20 aromatic rings. The maximum absolute atomic E-state index is 14.1. The lowest BCUT2D eigenvalue weighted by Gasteiger charge is -2.08. The summed E-state index contributed by atoms with van der Waals surface area (Å²) in [6.45, 7) is 1.47. The van der Waals surface area contributed by atoms with Crippen LogP contribution in [0, 0.1) is 34.9 Å². The highest BCUT2D eigenvalue weighted by molar-refractivity contribution is 9.10. The normalized spacial score (nSPS) is 10.8. The molecule has 6 aromatic carbocycles. The van der Waals surface area contributed by atoms with E-state index in [0.717, 1.165) is 78.5 Å².